The van der Waals surface area contributed by atoms with Gasteiger partial charge < -0.3 is 0 Å². The molecule has 1 unspecified atom stereocenters. The molecule has 2 aliphatic rings. The molecule has 0 N–H and O–H groups in total. The van der Waals surface area contributed by atoms with Crippen molar-refractivity contribution in [2.24, 2.45) is 0 Å². The summed E-state index contributed by atoms with van der Waals surface area (Å²) in [6, 6.07) is 73.3. The van der Waals surface area contributed by atoms with E-state index in [1.165, 1.54) is 77.5 Å². The first-order chi connectivity index (χ1) is 26.3. The molecule has 0 amide bonds. The molecule has 1 nitrogen and oxygen atoms in total. The fraction of sp³-hybridized carbons (Fsp3) is 0.0192. The molecule has 0 saturated heterocycles. The number of rotatable bonds is 4. The van der Waals surface area contributed by atoms with Gasteiger partial charge in [0, 0.05) is 16.7 Å². The Morgan fingerprint density at radius 2 is 0.830 bits per heavy atom. The van der Waals surface area contributed by atoms with Crippen molar-refractivity contribution >= 4 is 10.8 Å². The Labute approximate surface area is 309 Å². The van der Waals surface area contributed by atoms with Crippen LogP contribution in [0.25, 0.3) is 77.8 Å². The summed E-state index contributed by atoms with van der Waals surface area (Å²) in [6.45, 7) is 0. The molecule has 0 radical (unpaired) electrons. The predicted molar refractivity (Wildman–Crippen MR) is 220 cm³/mol. The number of benzene rings is 8. The van der Waals surface area contributed by atoms with Gasteiger partial charge in [-0.05, 0) is 90.2 Å². The molecule has 0 aliphatic heterocycles. The third-order valence-corrected chi connectivity index (χ3v) is 11.5. The molecular formula is C52H33N. The predicted octanol–water partition coefficient (Wildman–Crippen LogP) is 13.2. The third kappa shape index (κ3) is 4.41. The molecule has 1 atom stereocenters. The molecule has 2 aliphatic carbocycles. The maximum atomic E-state index is 5.47. The Kier molecular flexibility index (Phi) is 6.53. The van der Waals surface area contributed by atoms with Crippen molar-refractivity contribution in [1.29, 1.82) is 0 Å². The number of fused-ring (bicyclic) bond motifs is 11. The molecule has 53 heavy (non-hydrogen) atoms. The van der Waals surface area contributed by atoms with Crippen molar-refractivity contribution in [3.63, 3.8) is 0 Å². The fourth-order valence-corrected chi connectivity index (χ4v) is 9.11. The zero-order chi connectivity index (χ0) is 34.9. The first-order valence-electron chi connectivity index (χ1n) is 18.4. The van der Waals surface area contributed by atoms with Crippen LogP contribution in [0.3, 0.4) is 0 Å². The van der Waals surface area contributed by atoms with Gasteiger partial charge in [0.1, 0.15) is 0 Å². The van der Waals surface area contributed by atoms with Gasteiger partial charge in [0.05, 0.1) is 16.8 Å². The monoisotopic (exact) mass is 671 g/mol. The van der Waals surface area contributed by atoms with E-state index < -0.39 is 5.41 Å². The molecule has 1 aromatic heterocycles. The van der Waals surface area contributed by atoms with Crippen LogP contribution in [-0.2, 0) is 5.41 Å². The standard InChI is InChI=1S/C52H33N/c1-3-14-37(15-4-1)49-33-48-50(51(53-49)38-16-5-2-6-17-38)44-20-10-12-22-46(44)52(48)45-21-11-9-19-42(45)43-30-29-41(32-47(43)52)36-25-23-35(24-26-36)40-28-27-34-13-7-8-18-39(34)31-40/h1-33H. The van der Waals surface area contributed by atoms with Crippen LogP contribution in [0, 0.1) is 0 Å². The van der Waals surface area contributed by atoms with Gasteiger partial charge in [0.2, 0.25) is 0 Å². The molecule has 1 spiro atoms. The Morgan fingerprint density at radius 3 is 1.57 bits per heavy atom. The summed E-state index contributed by atoms with van der Waals surface area (Å²) in [4.78, 5) is 5.47. The molecule has 8 aromatic carbocycles. The third-order valence-electron chi connectivity index (χ3n) is 11.5. The van der Waals surface area contributed by atoms with Gasteiger partial charge in [0.25, 0.3) is 0 Å². The van der Waals surface area contributed by atoms with Crippen LogP contribution in [0.5, 0.6) is 0 Å². The highest BCUT2D eigenvalue weighted by Crippen LogP contribution is 2.64. The molecule has 0 bridgehead atoms. The summed E-state index contributed by atoms with van der Waals surface area (Å²) in [6.07, 6.45) is 0. The van der Waals surface area contributed by atoms with Crippen LogP contribution in [0.2, 0.25) is 0 Å². The molecule has 1 heteroatoms. The van der Waals surface area contributed by atoms with E-state index in [1.54, 1.807) is 0 Å². The number of pyridine rings is 1. The van der Waals surface area contributed by atoms with Crippen LogP contribution in [0.1, 0.15) is 22.3 Å². The highest BCUT2D eigenvalue weighted by atomic mass is 14.7. The maximum absolute atomic E-state index is 5.47. The first-order valence-corrected chi connectivity index (χ1v) is 18.4. The minimum absolute atomic E-state index is 0.505. The highest BCUT2D eigenvalue weighted by molar-refractivity contribution is 6.00. The normalized spacial score (nSPS) is 14.9. The maximum Gasteiger partial charge on any atom is 0.0791 e. The minimum atomic E-state index is -0.505. The SMILES string of the molecule is c1ccc(-c2cc3c(c(-c4ccccc4)n2)-c2ccccc2C32c3ccccc3-c3ccc(-c4ccc(-c5ccc6ccccc6c5)cc4)cc32)cc1. The van der Waals surface area contributed by atoms with E-state index in [-0.39, 0.29) is 0 Å². The van der Waals surface area contributed by atoms with Gasteiger partial charge in [-0.1, -0.05) is 182 Å². The van der Waals surface area contributed by atoms with Crippen molar-refractivity contribution in [2.45, 2.75) is 5.41 Å². The van der Waals surface area contributed by atoms with E-state index in [9.17, 15) is 0 Å². The largest absolute Gasteiger partial charge is 0.247 e. The summed E-state index contributed by atoms with van der Waals surface area (Å²) in [5.41, 5.74) is 18.9. The van der Waals surface area contributed by atoms with Crippen LogP contribution in [-0.4, -0.2) is 4.98 Å². The number of hydrogen-bond donors (Lipinski definition) is 0. The fourth-order valence-electron chi connectivity index (χ4n) is 9.11. The van der Waals surface area contributed by atoms with Gasteiger partial charge in [0.15, 0.2) is 0 Å². The average molecular weight is 672 g/mol. The van der Waals surface area contributed by atoms with Crippen molar-refractivity contribution in [2.75, 3.05) is 0 Å². The molecular weight excluding hydrogens is 639 g/mol. The highest BCUT2D eigenvalue weighted by Gasteiger charge is 2.52. The molecule has 0 saturated carbocycles. The molecule has 9 aromatic rings. The second-order valence-electron chi connectivity index (χ2n) is 14.3. The van der Waals surface area contributed by atoms with E-state index in [0.29, 0.717) is 0 Å². The van der Waals surface area contributed by atoms with E-state index in [4.69, 9.17) is 4.98 Å². The quantitative estimate of drug-likeness (QED) is 0.181. The van der Waals surface area contributed by atoms with Crippen molar-refractivity contribution in [1.82, 2.24) is 4.98 Å². The van der Waals surface area contributed by atoms with Crippen molar-refractivity contribution in [3.05, 3.63) is 222 Å². The Morgan fingerprint density at radius 1 is 0.302 bits per heavy atom. The molecule has 1 heterocycles. The molecule has 246 valence electrons. The van der Waals surface area contributed by atoms with Crippen LogP contribution in [0.4, 0.5) is 0 Å². The van der Waals surface area contributed by atoms with Gasteiger partial charge in [-0.25, -0.2) is 4.98 Å². The van der Waals surface area contributed by atoms with Gasteiger partial charge in [-0.3, -0.25) is 0 Å². The van der Waals surface area contributed by atoms with Crippen molar-refractivity contribution in [3.8, 4) is 67.0 Å². The lowest BCUT2D eigenvalue weighted by Crippen LogP contribution is -2.26. The van der Waals surface area contributed by atoms with E-state index >= 15 is 0 Å². The summed E-state index contributed by atoms with van der Waals surface area (Å²) >= 11 is 0. The second-order valence-corrected chi connectivity index (χ2v) is 14.3. The van der Waals surface area contributed by atoms with E-state index in [1.807, 2.05) is 0 Å². The summed E-state index contributed by atoms with van der Waals surface area (Å²) in [5.74, 6) is 0. The van der Waals surface area contributed by atoms with Gasteiger partial charge >= 0.3 is 0 Å². The van der Waals surface area contributed by atoms with E-state index in [2.05, 4.69) is 200 Å². The zero-order valence-corrected chi connectivity index (χ0v) is 29.0. The number of hydrogen-bond acceptors (Lipinski definition) is 1. The summed E-state index contributed by atoms with van der Waals surface area (Å²) in [5, 5.41) is 2.52. The van der Waals surface area contributed by atoms with Crippen molar-refractivity contribution < 1.29 is 0 Å². The summed E-state index contributed by atoms with van der Waals surface area (Å²) in [7, 11) is 0. The number of nitrogens with zero attached hydrogens (tertiary/aromatic N) is 1. The topological polar surface area (TPSA) is 12.9 Å². The van der Waals surface area contributed by atoms with Crippen LogP contribution < -0.4 is 0 Å². The lowest BCUT2D eigenvalue weighted by atomic mass is 9.70. The van der Waals surface area contributed by atoms with Gasteiger partial charge in [-0.15, -0.1) is 0 Å². The van der Waals surface area contributed by atoms with E-state index in [0.717, 1.165) is 22.5 Å². The zero-order valence-electron chi connectivity index (χ0n) is 29.0. The summed E-state index contributed by atoms with van der Waals surface area (Å²) < 4.78 is 0. The molecule has 11 rings (SSSR count). The smallest absolute Gasteiger partial charge is 0.0791 e. The Hall–Kier alpha value is -6.83. The minimum Gasteiger partial charge on any atom is -0.247 e. The Balaban J connectivity index is 1.15. The van der Waals surface area contributed by atoms with Crippen LogP contribution in [0.15, 0.2) is 200 Å². The van der Waals surface area contributed by atoms with Crippen LogP contribution >= 0.6 is 0 Å². The average Bonchev–Trinajstić information content (AvgIpc) is 3.71. The first kappa shape index (κ1) is 29.9. The Bertz CT molecular complexity index is 2870. The second kappa shape index (κ2) is 11.6. The number of aromatic nitrogens is 1. The van der Waals surface area contributed by atoms with Gasteiger partial charge in [-0.2, -0.15) is 0 Å². The lowest BCUT2D eigenvalue weighted by molar-refractivity contribution is 0.793. The lowest BCUT2D eigenvalue weighted by Gasteiger charge is -2.31. The molecule has 0 fully saturated rings.